The number of hydrogen-bond acceptors (Lipinski definition) is 3. The van der Waals surface area contributed by atoms with E-state index in [1.165, 1.54) is 0 Å². The molecule has 0 atom stereocenters. The van der Waals surface area contributed by atoms with Crippen LogP contribution < -0.4 is 5.73 Å². The quantitative estimate of drug-likeness (QED) is 0.895. The third kappa shape index (κ3) is 3.33. The second-order valence-electron chi connectivity index (χ2n) is 6.00. The Bertz CT molecular complexity index is 687. The zero-order valence-electron chi connectivity index (χ0n) is 13.2. The molecule has 0 saturated carbocycles. The molecule has 0 aliphatic carbocycles. The number of aromatic nitrogens is 2. The minimum absolute atomic E-state index is 0.0707. The van der Waals surface area contributed by atoms with Crippen LogP contribution in [0, 0.1) is 12.8 Å². The first-order valence-electron chi connectivity index (χ1n) is 7.90. The summed E-state index contributed by atoms with van der Waals surface area (Å²) in [5.74, 6) is 0.618. The molecule has 1 fully saturated rings. The Labute approximate surface area is 144 Å². The maximum absolute atomic E-state index is 12.7. The number of rotatable bonds is 3. The Balaban J connectivity index is 1.79. The van der Waals surface area contributed by atoms with E-state index in [4.69, 9.17) is 5.73 Å². The number of nitrogens with two attached hydrogens (primary N) is 1. The van der Waals surface area contributed by atoms with Crippen molar-refractivity contribution in [3.8, 4) is 5.69 Å². The van der Waals surface area contributed by atoms with Crippen molar-refractivity contribution in [2.75, 3.05) is 19.6 Å². The van der Waals surface area contributed by atoms with E-state index in [0.29, 0.717) is 18.0 Å². The molecule has 1 aliphatic rings. The van der Waals surface area contributed by atoms with Crippen LogP contribution in [0.1, 0.15) is 28.9 Å². The molecule has 0 bridgehead atoms. The van der Waals surface area contributed by atoms with Crippen molar-refractivity contribution in [3.05, 3.63) is 46.2 Å². The number of benzene rings is 1. The standard InChI is InChI=1S/C17H21BrN4O/c1-12-16(17(23)21-8-6-13(10-19)7-9-21)11-20-22(12)15-4-2-14(18)3-5-15/h2-5,11,13H,6-10,19H2,1H3. The van der Waals surface area contributed by atoms with Gasteiger partial charge in [0.1, 0.15) is 0 Å². The van der Waals surface area contributed by atoms with Gasteiger partial charge in [-0.3, -0.25) is 4.79 Å². The molecule has 6 heteroatoms. The smallest absolute Gasteiger partial charge is 0.257 e. The van der Waals surface area contributed by atoms with Gasteiger partial charge in [-0.15, -0.1) is 0 Å². The highest BCUT2D eigenvalue weighted by molar-refractivity contribution is 9.10. The topological polar surface area (TPSA) is 64.2 Å². The van der Waals surface area contributed by atoms with Gasteiger partial charge in [0.15, 0.2) is 0 Å². The molecule has 3 rings (SSSR count). The van der Waals surface area contributed by atoms with E-state index < -0.39 is 0 Å². The molecule has 2 aromatic rings. The second kappa shape index (κ2) is 6.84. The second-order valence-corrected chi connectivity index (χ2v) is 6.92. The lowest BCUT2D eigenvalue weighted by atomic mass is 9.96. The van der Waals surface area contributed by atoms with Crippen molar-refractivity contribution in [1.29, 1.82) is 0 Å². The normalized spacial score (nSPS) is 15.9. The lowest BCUT2D eigenvalue weighted by molar-refractivity contribution is 0.0692. The Morgan fingerprint density at radius 2 is 1.96 bits per heavy atom. The first-order valence-corrected chi connectivity index (χ1v) is 8.69. The van der Waals surface area contributed by atoms with E-state index in [0.717, 1.165) is 41.8 Å². The van der Waals surface area contributed by atoms with Gasteiger partial charge in [0.2, 0.25) is 0 Å². The van der Waals surface area contributed by atoms with Gasteiger partial charge in [-0.05, 0) is 56.5 Å². The summed E-state index contributed by atoms with van der Waals surface area (Å²) in [6.07, 6.45) is 3.65. The van der Waals surface area contributed by atoms with E-state index in [1.807, 2.05) is 40.8 Å². The molecule has 5 nitrogen and oxygen atoms in total. The fourth-order valence-corrected chi connectivity index (χ4v) is 3.27. The summed E-state index contributed by atoms with van der Waals surface area (Å²) < 4.78 is 2.83. The van der Waals surface area contributed by atoms with E-state index >= 15 is 0 Å². The average Bonchev–Trinajstić information content (AvgIpc) is 2.96. The summed E-state index contributed by atoms with van der Waals surface area (Å²) in [5.41, 5.74) is 8.22. The van der Waals surface area contributed by atoms with Crippen molar-refractivity contribution in [2.45, 2.75) is 19.8 Å². The van der Waals surface area contributed by atoms with Crippen molar-refractivity contribution in [2.24, 2.45) is 11.7 Å². The summed E-state index contributed by atoms with van der Waals surface area (Å²) >= 11 is 3.43. The highest BCUT2D eigenvalue weighted by atomic mass is 79.9. The maximum atomic E-state index is 12.7. The van der Waals surface area contributed by atoms with Crippen LogP contribution in [-0.2, 0) is 0 Å². The zero-order chi connectivity index (χ0) is 16.4. The Kier molecular flexibility index (Phi) is 4.82. The van der Waals surface area contributed by atoms with Gasteiger partial charge in [0.05, 0.1) is 23.1 Å². The minimum Gasteiger partial charge on any atom is -0.339 e. The maximum Gasteiger partial charge on any atom is 0.257 e. The molecule has 1 aromatic heterocycles. The summed E-state index contributed by atoms with van der Waals surface area (Å²) in [6, 6.07) is 7.89. The van der Waals surface area contributed by atoms with Crippen molar-refractivity contribution in [1.82, 2.24) is 14.7 Å². The number of hydrogen-bond donors (Lipinski definition) is 1. The van der Waals surface area contributed by atoms with Crippen LogP contribution in [0.2, 0.25) is 0 Å². The third-order valence-electron chi connectivity index (χ3n) is 4.55. The zero-order valence-corrected chi connectivity index (χ0v) is 14.8. The predicted molar refractivity (Wildman–Crippen MR) is 93.7 cm³/mol. The first-order chi connectivity index (χ1) is 11.1. The van der Waals surface area contributed by atoms with Gasteiger partial charge < -0.3 is 10.6 Å². The van der Waals surface area contributed by atoms with E-state index in [-0.39, 0.29) is 5.91 Å². The van der Waals surface area contributed by atoms with E-state index in [9.17, 15) is 4.79 Å². The van der Waals surface area contributed by atoms with Gasteiger partial charge >= 0.3 is 0 Å². The molecular formula is C17H21BrN4O. The predicted octanol–water partition coefficient (Wildman–Crippen LogP) is 2.75. The molecule has 2 N–H and O–H groups in total. The van der Waals surface area contributed by atoms with Gasteiger partial charge in [0, 0.05) is 17.6 Å². The van der Waals surface area contributed by atoms with Gasteiger partial charge in [-0.1, -0.05) is 15.9 Å². The molecule has 0 radical (unpaired) electrons. The van der Waals surface area contributed by atoms with Crippen LogP contribution in [0.25, 0.3) is 5.69 Å². The number of halogens is 1. The van der Waals surface area contributed by atoms with Crippen LogP contribution in [0.3, 0.4) is 0 Å². The van der Waals surface area contributed by atoms with E-state index in [2.05, 4.69) is 21.0 Å². The number of carbonyl (C=O) groups excluding carboxylic acids is 1. The van der Waals surface area contributed by atoms with Crippen LogP contribution in [0.5, 0.6) is 0 Å². The summed E-state index contributed by atoms with van der Waals surface area (Å²) in [7, 11) is 0. The number of nitrogens with zero attached hydrogens (tertiary/aromatic N) is 3. The van der Waals surface area contributed by atoms with Gasteiger partial charge in [-0.25, -0.2) is 4.68 Å². The highest BCUT2D eigenvalue weighted by Gasteiger charge is 2.25. The monoisotopic (exact) mass is 376 g/mol. The van der Waals surface area contributed by atoms with Crippen LogP contribution >= 0.6 is 15.9 Å². The Morgan fingerprint density at radius 1 is 1.30 bits per heavy atom. The number of carbonyl (C=O) groups is 1. The van der Waals surface area contributed by atoms with Crippen LogP contribution in [0.15, 0.2) is 34.9 Å². The van der Waals surface area contributed by atoms with Gasteiger partial charge in [0.25, 0.3) is 5.91 Å². The molecule has 0 unspecified atom stereocenters. The summed E-state index contributed by atoms with van der Waals surface area (Å²) in [4.78, 5) is 14.7. The lowest BCUT2D eigenvalue weighted by Gasteiger charge is -2.31. The molecule has 1 aromatic carbocycles. The van der Waals surface area contributed by atoms with Gasteiger partial charge in [-0.2, -0.15) is 5.10 Å². The van der Waals surface area contributed by atoms with Crippen molar-refractivity contribution in [3.63, 3.8) is 0 Å². The van der Waals surface area contributed by atoms with Crippen LogP contribution in [-0.4, -0.2) is 40.2 Å². The summed E-state index contributed by atoms with van der Waals surface area (Å²) in [5, 5.41) is 4.40. The summed E-state index contributed by atoms with van der Waals surface area (Å²) in [6.45, 7) is 4.21. The Hall–Kier alpha value is -1.66. The SMILES string of the molecule is Cc1c(C(=O)N2CCC(CN)CC2)cnn1-c1ccc(Br)cc1. The molecule has 2 heterocycles. The third-order valence-corrected chi connectivity index (χ3v) is 5.08. The first kappa shape index (κ1) is 16.2. The molecule has 1 saturated heterocycles. The van der Waals surface area contributed by atoms with Crippen molar-refractivity contribution < 1.29 is 4.79 Å². The average molecular weight is 377 g/mol. The fourth-order valence-electron chi connectivity index (χ4n) is 3.00. The lowest BCUT2D eigenvalue weighted by Crippen LogP contribution is -2.40. The number of piperidine rings is 1. The van der Waals surface area contributed by atoms with Crippen molar-refractivity contribution >= 4 is 21.8 Å². The molecule has 0 spiro atoms. The van der Waals surface area contributed by atoms with E-state index in [1.54, 1.807) is 6.20 Å². The number of likely N-dealkylation sites (tertiary alicyclic amines) is 1. The fraction of sp³-hybridized carbons (Fsp3) is 0.412. The van der Waals surface area contributed by atoms with Crippen LogP contribution in [0.4, 0.5) is 0 Å². The molecular weight excluding hydrogens is 356 g/mol. The molecule has 122 valence electrons. The minimum atomic E-state index is 0.0707. The molecule has 1 amide bonds. The Morgan fingerprint density at radius 3 is 2.57 bits per heavy atom. The number of amides is 1. The highest BCUT2D eigenvalue weighted by Crippen LogP contribution is 2.21. The molecule has 23 heavy (non-hydrogen) atoms. The largest absolute Gasteiger partial charge is 0.339 e. The molecule has 1 aliphatic heterocycles.